The summed E-state index contributed by atoms with van der Waals surface area (Å²) >= 11 is 0. The van der Waals surface area contributed by atoms with Crippen molar-refractivity contribution in [3.8, 4) is 5.75 Å². The number of hydrogen-bond acceptors (Lipinski definition) is 7. The van der Waals surface area contributed by atoms with E-state index in [0.717, 1.165) is 16.6 Å². The molecular weight excluding hydrogens is 488 g/mol. The summed E-state index contributed by atoms with van der Waals surface area (Å²) in [6.07, 6.45) is 1.60. The first-order valence-electron chi connectivity index (χ1n) is 11.3. The van der Waals surface area contributed by atoms with Crippen molar-refractivity contribution in [2.24, 2.45) is 0 Å². The zero-order valence-corrected chi connectivity index (χ0v) is 21.8. The molecule has 0 unspecified atom stereocenters. The molecule has 0 spiro atoms. The molecule has 0 bridgehead atoms. The number of nitro groups is 1. The highest BCUT2D eigenvalue weighted by atomic mass is 32.2. The summed E-state index contributed by atoms with van der Waals surface area (Å²) in [4.78, 5) is 38.3. The molecule has 0 radical (unpaired) electrons. The average Bonchev–Trinajstić information content (AvgIpc) is 2.84. The summed E-state index contributed by atoms with van der Waals surface area (Å²) in [6.45, 7) is 4.68. The molecule has 12 heteroatoms. The maximum Gasteiger partial charge on any atom is 0.271 e. The van der Waals surface area contributed by atoms with E-state index in [4.69, 9.17) is 4.74 Å². The standard InChI is InChI=1S/C24H32N4O7S/c1-6-17(2)25-24(30)18(3)26(15-19-9-7-12-22(13-19)35-4)23(29)16-27(36(5,33)34)20-10-8-11-21(14-20)28(31)32/h7-14,17-18H,6,15-16H2,1-5H3,(H,25,30)/t17-,18-/m1/s1. The molecule has 1 N–H and O–H groups in total. The van der Waals surface area contributed by atoms with Crippen LogP contribution in [0.3, 0.4) is 0 Å². The summed E-state index contributed by atoms with van der Waals surface area (Å²) in [6, 6.07) is 10.9. The number of amides is 2. The first-order chi connectivity index (χ1) is 16.9. The van der Waals surface area contributed by atoms with Crippen molar-refractivity contribution < 1.29 is 27.7 Å². The third kappa shape index (κ3) is 7.67. The molecule has 2 aromatic rings. The van der Waals surface area contributed by atoms with Gasteiger partial charge in [-0.2, -0.15) is 0 Å². The van der Waals surface area contributed by atoms with Gasteiger partial charge in [0.2, 0.25) is 21.8 Å². The Morgan fingerprint density at radius 2 is 1.81 bits per heavy atom. The number of nitrogens with zero attached hydrogens (tertiary/aromatic N) is 3. The van der Waals surface area contributed by atoms with Crippen LogP contribution in [0.1, 0.15) is 32.8 Å². The van der Waals surface area contributed by atoms with E-state index in [1.165, 1.54) is 30.2 Å². The number of nitrogens with one attached hydrogen (secondary N) is 1. The van der Waals surface area contributed by atoms with Crippen LogP contribution in [-0.4, -0.2) is 62.0 Å². The Labute approximate surface area is 211 Å². The minimum atomic E-state index is -4.00. The topological polar surface area (TPSA) is 139 Å². The summed E-state index contributed by atoms with van der Waals surface area (Å²) in [7, 11) is -2.49. The van der Waals surface area contributed by atoms with Gasteiger partial charge in [0, 0.05) is 24.7 Å². The van der Waals surface area contributed by atoms with E-state index < -0.39 is 33.4 Å². The normalized spacial score (nSPS) is 12.8. The Morgan fingerprint density at radius 1 is 1.14 bits per heavy atom. The number of ether oxygens (including phenoxy) is 1. The van der Waals surface area contributed by atoms with Gasteiger partial charge in [-0.3, -0.25) is 24.0 Å². The molecule has 2 amide bonds. The number of methoxy groups -OCH3 is 1. The van der Waals surface area contributed by atoms with Gasteiger partial charge in [0.25, 0.3) is 5.69 Å². The molecule has 0 aliphatic heterocycles. The van der Waals surface area contributed by atoms with Gasteiger partial charge in [-0.1, -0.05) is 25.1 Å². The maximum atomic E-state index is 13.5. The van der Waals surface area contributed by atoms with Crippen molar-refractivity contribution in [1.29, 1.82) is 0 Å². The molecule has 196 valence electrons. The predicted octanol–water partition coefficient (Wildman–Crippen LogP) is 2.70. The lowest BCUT2D eigenvalue weighted by Gasteiger charge is -2.32. The highest BCUT2D eigenvalue weighted by Crippen LogP contribution is 2.24. The molecular formula is C24H32N4O7S. The Hall–Kier alpha value is -3.67. The van der Waals surface area contributed by atoms with Crippen LogP contribution in [0.2, 0.25) is 0 Å². The minimum absolute atomic E-state index is 0.0116. The quantitative estimate of drug-likeness (QED) is 0.335. The molecule has 11 nitrogen and oxygen atoms in total. The molecule has 2 rings (SSSR count). The molecule has 0 saturated carbocycles. The van der Waals surface area contributed by atoms with E-state index >= 15 is 0 Å². The number of anilines is 1. The Morgan fingerprint density at radius 3 is 2.39 bits per heavy atom. The van der Waals surface area contributed by atoms with Crippen LogP contribution in [0.25, 0.3) is 0 Å². The molecule has 0 heterocycles. The Bertz CT molecular complexity index is 1200. The summed E-state index contributed by atoms with van der Waals surface area (Å²) in [5.41, 5.74) is 0.327. The zero-order valence-electron chi connectivity index (χ0n) is 21.0. The van der Waals surface area contributed by atoms with Crippen LogP contribution in [-0.2, 0) is 26.2 Å². The summed E-state index contributed by atoms with van der Waals surface area (Å²) < 4.78 is 31.2. The number of benzene rings is 2. The van der Waals surface area contributed by atoms with Crippen molar-refractivity contribution in [2.75, 3.05) is 24.2 Å². The van der Waals surface area contributed by atoms with Crippen LogP contribution in [0.5, 0.6) is 5.75 Å². The molecule has 0 fully saturated rings. The number of sulfonamides is 1. The molecule has 2 aromatic carbocycles. The average molecular weight is 521 g/mol. The SMILES string of the molecule is CC[C@@H](C)NC(=O)[C@@H](C)N(Cc1cccc(OC)c1)C(=O)CN(c1cccc([N+](=O)[O-])c1)S(C)(=O)=O. The second-order valence-corrected chi connectivity index (χ2v) is 10.3. The van der Waals surface area contributed by atoms with E-state index in [0.29, 0.717) is 17.7 Å². The van der Waals surface area contributed by atoms with E-state index in [9.17, 15) is 28.1 Å². The lowest BCUT2D eigenvalue weighted by atomic mass is 10.1. The van der Waals surface area contributed by atoms with Crippen LogP contribution < -0.4 is 14.4 Å². The van der Waals surface area contributed by atoms with Gasteiger partial charge >= 0.3 is 0 Å². The maximum absolute atomic E-state index is 13.5. The largest absolute Gasteiger partial charge is 0.497 e. The third-order valence-corrected chi connectivity index (χ3v) is 6.80. The number of rotatable bonds is 12. The number of nitro benzene ring substituents is 1. The van der Waals surface area contributed by atoms with E-state index in [1.54, 1.807) is 31.2 Å². The molecule has 2 atom stereocenters. The van der Waals surface area contributed by atoms with Crippen LogP contribution in [0.15, 0.2) is 48.5 Å². The highest BCUT2D eigenvalue weighted by molar-refractivity contribution is 7.92. The van der Waals surface area contributed by atoms with Crippen molar-refractivity contribution >= 4 is 33.2 Å². The second-order valence-electron chi connectivity index (χ2n) is 8.41. The highest BCUT2D eigenvalue weighted by Gasteiger charge is 2.31. The van der Waals surface area contributed by atoms with Crippen molar-refractivity contribution in [3.63, 3.8) is 0 Å². The van der Waals surface area contributed by atoms with Gasteiger partial charge < -0.3 is 15.0 Å². The van der Waals surface area contributed by atoms with Crippen molar-refractivity contribution in [3.05, 3.63) is 64.2 Å². The van der Waals surface area contributed by atoms with E-state index in [1.807, 2.05) is 13.8 Å². The molecule has 0 aliphatic rings. The lowest BCUT2D eigenvalue weighted by Crippen LogP contribution is -2.52. The summed E-state index contributed by atoms with van der Waals surface area (Å²) in [5, 5.41) is 14.0. The van der Waals surface area contributed by atoms with Gasteiger partial charge in [0.15, 0.2) is 0 Å². The second kappa shape index (κ2) is 12.3. The van der Waals surface area contributed by atoms with Crippen molar-refractivity contribution in [2.45, 2.75) is 45.8 Å². The molecule has 0 aliphatic carbocycles. The fraction of sp³-hybridized carbons (Fsp3) is 0.417. The lowest BCUT2D eigenvalue weighted by molar-refractivity contribution is -0.384. The third-order valence-electron chi connectivity index (χ3n) is 5.66. The minimum Gasteiger partial charge on any atom is -0.497 e. The van der Waals surface area contributed by atoms with Gasteiger partial charge in [-0.25, -0.2) is 8.42 Å². The predicted molar refractivity (Wildman–Crippen MR) is 136 cm³/mol. The first kappa shape index (κ1) is 28.6. The number of non-ortho nitro benzene ring substituents is 1. The number of hydrogen-bond donors (Lipinski definition) is 1. The van der Waals surface area contributed by atoms with E-state index in [-0.39, 0.29) is 29.9 Å². The zero-order chi connectivity index (χ0) is 27.0. The number of carbonyl (C=O) groups is 2. The van der Waals surface area contributed by atoms with Crippen LogP contribution in [0.4, 0.5) is 11.4 Å². The van der Waals surface area contributed by atoms with Gasteiger partial charge in [-0.15, -0.1) is 0 Å². The molecule has 0 saturated heterocycles. The van der Waals surface area contributed by atoms with Crippen molar-refractivity contribution in [1.82, 2.24) is 10.2 Å². The van der Waals surface area contributed by atoms with E-state index in [2.05, 4.69) is 5.32 Å². The fourth-order valence-corrected chi connectivity index (χ4v) is 4.23. The number of carbonyl (C=O) groups excluding carboxylic acids is 2. The van der Waals surface area contributed by atoms with Gasteiger partial charge in [0.05, 0.1) is 24.0 Å². The molecule has 0 aromatic heterocycles. The first-order valence-corrected chi connectivity index (χ1v) is 13.2. The summed E-state index contributed by atoms with van der Waals surface area (Å²) in [5.74, 6) is -0.477. The van der Waals surface area contributed by atoms with Crippen LogP contribution >= 0.6 is 0 Å². The smallest absolute Gasteiger partial charge is 0.271 e. The van der Waals surface area contributed by atoms with Gasteiger partial charge in [0.1, 0.15) is 18.3 Å². The Kier molecular flexibility index (Phi) is 9.79. The molecule has 36 heavy (non-hydrogen) atoms. The van der Waals surface area contributed by atoms with Crippen LogP contribution in [0, 0.1) is 10.1 Å². The Balaban J connectivity index is 2.44. The fourth-order valence-electron chi connectivity index (χ4n) is 3.39. The van der Waals surface area contributed by atoms with Gasteiger partial charge in [-0.05, 0) is 44.0 Å². The monoisotopic (exact) mass is 520 g/mol.